The fraction of sp³-hybridized carbons (Fsp3) is 0.500. The lowest BCUT2D eigenvalue weighted by molar-refractivity contribution is 0.0525. The summed E-state index contributed by atoms with van der Waals surface area (Å²) in [5, 5.41) is 10.1. The Balaban J connectivity index is 3.11. The highest BCUT2D eigenvalue weighted by molar-refractivity contribution is 6.34. The zero-order valence-corrected chi connectivity index (χ0v) is 13.2. The van der Waals surface area contributed by atoms with E-state index in [1.807, 2.05) is 0 Å². The second kappa shape index (κ2) is 8.07. The third-order valence-electron chi connectivity index (χ3n) is 2.81. The van der Waals surface area contributed by atoms with Crippen LogP contribution in [0, 0.1) is 0 Å². The zero-order chi connectivity index (χ0) is 16.0. The van der Waals surface area contributed by atoms with Gasteiger partial charge < -0.3 is 25.2 Å². The molecule has 6 nitrogen and oxygen atoms in total. The average Bonchev–Trinajstić information content (AvgIpc) is 2.37. The Morgan fingerprint density at radius 3 is 2.76 bits per heavy atom. The van der Waals surface area contributed by atoms with Gasteiger partial charge in [-0.3, -0.25) is 0 Å². The van der Waals surface area contributed by atoms with Crippen molar-refractivity contribution in [3.05, 3.63) is 22.7 Å². The number of hydrogen-bond donors (Lipinski definition) is 2. The molecule has 1 aromatic carbocycles. The Labute approximate surface area is 129 Å². The maximum absolute atomic E-state index is 12.0. The highest BCUT2D eigenvalue weighted by atomic mass is 35.5. The van der Waals surface area contributed by atoms with Crippen molar-refractivity contribution in [2.24, 2.45) is 0 Å². The first-order valence-electron chi connectivity index (χ1n) is 6.55. The van der Waals surface area contributed by atoms with Gasteiger partial charge in [-0.05, 0) is 19.1 Å². The van der Waals surface area contributed by atoms with Crippen LogP contribution < -0.4 is 10.6 Å². The lowest BCUT2D eigenvalue weighted by Crippen LogP contribution is -2.33. The van der Waals surface area contributed by atoms with E-state index in [2.05, 4.69) is 0 Å². The number of aliphatic hydroxyl groups excluding tert-OH is 1. The number of halogens is 1. The van der Waals surface area contributed by atoms with Crippen LogP contribution in [0.2, 0.25) is 5.02 Å². The first kappa shape index (κ1) is 17.6. The van der Waals surface area contributed by atoms with Gasteiger partial charge in [-0.2, -0.15) is 0 Å². The number of rotatable bonds is 7. The summed E-state index contributed by atoms with van der Waals surface area (Å²) in [5.74, 6) is -0.505. The summed E-state index contributed by atoms with van der Waals surface area (Å²) >= 11 is 6.19. The lowest BCUT2D eigenvalue weighted by Gasteiger charge is -2.25. The fourth-order valence-electron chi connectivity index (χ4n) is 2.02. The zero-order valence-electron chi connectivity index (χ0n) is 12.4. The molecule has 0 radical (unpaired) electrons. The van der Waals surface area contributed by atoms with Gasteiger partial charge in [-0.25, -0.2) is 4.79 Å². The van der Waals surface area contributed by atoms with E-state index in [4.69, 9.17) is 26.8 Å². The summed E-state index contributed by atoms with van der Waals surface area (Å²) in [6.45, 7) is 2.41. The van der Waals surface area contributed by atoms with E-state index in [9.17, 15) is 9.90 Å². The predicted molar refractivity (Wildman–Crippen MR) is 83.0 cm³/mol. The molecule has 0 aliphatic rings. The molecule has 1 rings (SSSR count). The lowest BCUT2D eigenvalue weighted by atomic mass is 10.1. The number of nitrogen functional groups attached to an aromatic ring is 1. The molecule has 0 saturated carbocycles. The van der Waals surface area contributed by atoms with Crippen molar-refractivity contribution in [2.45, 2.75) is 13.0 Å². The topological polar surface area (TPSA) is 85.0 Å². The molecule has 0 aromatic heterocycles. The predicted octanol–water partition coefficient (Wildman–Crippen LogP) is 1.54. The summed E-state index contributed by atoms with van der Waals surface area (Å²) in [6.07, 6.45) is -0.705. The minimum atomic E-state index is -0.705. The summed E-state index contributed by atoms with van der Waals surface area (Å²) < 4.78 is 9.90. The van der Waals surface area contributed by atoms with Gasteiger partial charge >= 0.3 is 5.97 Å². The Kier molecular flexibility index (Phi) is 6.74. The number of nitrogens with two attached hydrogens (primary N) is 1. The molecule has 0 aliphatic carbocycles. The number of carbonyl (C=O) groups excluding carboxylic acids is 1. The number of aliphatic hydroxyl groups is 1. The Morgan fingerprint density at radius 2 is 2.19 bits per heavy atom. The maximum atomic E-state index is 12.0. The van der Waals surface area contributed by atoms with Crippen molar-refractivity contribution in [1.29, 1.82) is 0 Å². The molecular weight excluding hydrogens is 296 g/mol. The van der Waals surface area contributed by atoms with Crippen LogP contribution in [0.1, 0.15) is 17.3 Å². The second-order valence-corrected chi connectivity index (χ2v) is 5.02. The van der Waals surface area contributed by atoms with Crippen LogP contribution in [0.3, 0.4) is 0 Å². The molecule has 0 saturated heterocycles. The number of anilines is 2. The maximum Gasteiger partial charge on any atom is 0.340 e. The molecule has 0 bridgehead atoms. The van der Waals surface area contributed by atoms with Gasteiger partial charge in [0.2, 0.25) is 0 Å². The van der Waals surface area contributed by atoms with E-state index in [1.54, 1.807) is 24.9 Å². The summed E-state index contributed by atoms with van der Waals surface area (Å²) in [7, 11) is 3.22. The number of esters is 1. The number of benzene rings is 1. The highest BCUT2D eigenvalue weighted by Gasteiger charge is 2.21. The summed E-state index contributed by atoms with van der Waals surface area (Å²) in [5.41, 5.74) is 6.85. The van der Waals surface area contributed by atoms with Crippen LogP contribution in [0.25, 0.3) is 0 Å². The molecule has 118 valence electrons. The van der Waals surface area contributed by atoms with Crippen molar-refractivity contribution in [2.75, 3.05) is 44.5 Å². The van der Waals surface area contributed by atoms with E-state index >= 15 is 0 Å². The number of carbonyl (C=O) groups is 1. The van der Waals surface area contributed by atoms with E-state index in [0.29, 0.717) is 16.4 Å². The molecule has 0 aliphatic heterocycles. The highest BCUT2D eigenvalue weighted by Crippen LogP contribution is 2.32. The third-order valence-corrected chi connectivity index (χ3v) is 3.09. The SMILES string of the molecule is CCOC(=O)c1cc(N)cc(Cl)c1N(C)CC(O)COC. The van der Waals surface area contributed by atoms with Gasteiger partial charge in [0.15, 0.2) is 0 Å². The molecule has 0 amide bonds. The van der Waals surface area contributed by atoms with Gasteiger partial charge in [0, 0.05) is 26.4 Å². The second-order valence-electron chi connectivity index (χ2n) is 4.61. The van der Waals surface area contributed by atoms with Gasteiger partial charge in [-0.1, -0.05) is 11.6 Å². The molecule has 0 spiro atoms. The van der Waals surface area contributed by atoms with Crippen LogP contribution in [0.5, 0.6) is 0 Å². The fourth-order valence-corrected chi connectivity index (χ4v) is 2.40. The van der Waals surface area contributed by atoms with E-state index < -0.39 is 12.1 Å². The number of ether oxygens (including phenoxy) is 2. The van der Waals surface area contributed by atoms with Crippen LogP contribution in [0.15, 0.2) is 12.1 Å². The third kappa shape index (κ3) is 4.77. The molecule has 7 heteroatoms. The quantitative estimate of drug-likeness (QED) is 0.586. The van der Waals surface area contributed by atoms with Crippen LogP contribution in [-0.4, -0.2) is 51.1 Å². The molecule has 1 aromatic rings. The van der Waals surface area contributed by atoms with Gasteiger partial charge in [0.05, 0.1) is 35.6 Å². The molecule has 0 fully saturated rings. The molecule has 1 unspecified atom stereocenters. The standard InChI is InChI=1S/C14H21ClN2O4/c1-4-21-14(19)11-5-9(16)6-12(15)13(11)17(2)7-10(18)8-20-3/h5-6,10,18H,4,7-8,16H2,1-3H3. The van der Waals surface area contributed by atoms with Crippen LogP contribution in [0.4, 0.5) is 11.4 Å². The number of hydrogen-bond acceptors (Lipinski definition) is 6. The minimum absolute atomic E-state index is 0.186. The van der Waals surface area contributed by atoms with Crippen molar-refractivity contribution < 1.29 is 19.4 Å². The Bertz CT molecular complexity index is 496. The Morgan fingerprint density at radius 1 is 1.52 bits per heavy atom. The molecule has 1 atom stereocenters. The molecule has 21 heavy (non-hydrogen) atoms. The van der Waals surface area contributed by atoms with Crippen molar-refractivity contribution >= 4 is 28.9 Å². The average molecular weight is 317 g/mol. The minimum Gasteiger partial charge on any atom is -0.462 e. The normalized spacial score (nSPS) is 12.0. The Hall–Kier alpha value is -1.50. The van der Waals surface area contributed by atoms with Crippen LogP contribution >= 0.6 is 11.6 Å². The van der Waals surface area contributed by atoms with E-state index in [0.717, 1.165) is 0 Å². The van der Waals surface area contributed by atoms with Gasteiger partial charge in [-0.15, -0.1) is 0 Å². The molecule has 0 heterocycles. The monoisotopic (exact) mass is 316 g/mol. The van der Waals surface area contributed by atoms with Crippen molar-refractivity contribution in [3.8, 4) is 0 Å². The molecule has 3 N–H and O–H groups in total. The largest absolute Gasteiger partial charge is 0.462 e. The van der Waals surface area contributed by atoms with Gasteiger partial charge in [0.25, 0.3) is 0 Å². The first-order chi connectivity index (χ1) is 9.90. The van der Waals surface area contributed by atoms with Crippen LogP contribution in [-0.2, 0) is 9.47 Å². The number of nitrogens with zero attached hydrogens (tertiary/aromatic N) is 1. The number of methoxy groups -OCH3 is 1. The van der Waals surface area contributed by atoms with E-state index in [1.165, 1.54) is 13.2 Å². The summed E-state index contributed by atoms with van der Waals surface area (Å²) in [4.78, 5) is 13.7. The number of likely N-dealkylation sites (N-methyl/N-ethyl adjacent to an activating group) is 1. The molecular formula is C14H21ClN2O4. The first-order valence-corrected chi connectivity index (χ1v) is 6.92. The van der Waals surface area contributed by atoms with E-state index in [-0.39, 0.29) is 25.3 Å². The smallest absolute Gasteiger partial charge is 0.340 e. The van der Waals surface area contributed by atoms with Crippen molar-refractivity contribution in [1.82, 2.24) is 0 Å². The van der Waals surface area contributed by atoms with Crippen molar-refractivity contribution in [3.63, 3.8) is 0 Å². The van der Waals surface area contributed by atoms with Gasteiger partial charge in [0.1, 0.15) is 0 Å². The summed E-state index contributed by atoms with van der Waals surface area (Å²) in [6, 6.07) is 3.07.